The monoisotopic (exact) mass is 1070 g/mol. The average Bonchev–Trinajstić information content (AvgIpc) is 3.88. The molecular weight excluding hydrogens is 1020 g/mol. The van der Waals surface area contributed by atoms with E-state index in [4.69, 9.17) is 9.40 Å². The number of hydrogen-bond donors (Lipinski definition) is 0. The summed E-state index contributed by atoms with van der Waals surface area (Å²) in [6.45, 7) is 15.9. The number of pyridine rings is 1. The quantitative estimate of drug-likeness (QED) is 0.154. The standard InChI is InChI=1S/C63H51N4O.Pt/c1-40-27-30-56-54(31-40)52-29-28-48-38-59(52)67(56)60-36-45(63(5,6)7)35-55(64-60)43-32-42(33-44(34-43)62(2,3)4)49-21-11-12-22-51(49)53-24-16-23-50(41-17-9-8-10-18-41)61(53)66-39-65(57-25-13-14-26-58(57)66)46-19-15-20-47(37-46)68-48;/h8-36,39H,1-7H3;/q-3;. The van der Waals surface area contributed by atoms with Crippen LogP contribution in [0, 0.1) is 19.1 Å². The molecule has 0 N–H and O–H groups in total. The van der Waals surface area contributed by atoms with Gasteiger partial charge in [0.2, 0.25) is 0 Å². The van der Waals surface area contributed by atoms with Crippen molar-refractivity contribution in [3.8, 4) is 22.5 Å². The first kappa shape index (κ1) is 44.2. The maximum Gasteiger partial charge on any atom is 0.136 e. The van der Waals surface area contributed by atoms with Crippen molar-refractivity contribution in [2.75, 3.05) is 0 Å². The van der Waals surface area contributed by atoms with Crippen LogP contribution in [0.15, 0.2) is 187 Å². The predicted molar refractivity (Wildman–Crippen MR) is 285 cm³/mol. The molecule has 0 saturated heterocycles. The Morgan fingerprint density at radius 2 is 1.19 bits per heavy atom. The Morgan fingerprint density at radius 3 is 1.97 bits per heavy atom. The summed E-state index contributed by atoms with van der Waals surface area (Å²) in [6.07, 6.45) is 2.21. The summed E-state index contributed by atoms with van der Waals surface area (Å²) < 4.78 is 13.6. The van der Waals surface area contributed by atoms with Gasteiger partial charge in [0.25, 0.3) is 0 Å². The Hall–Kier alpha value is -7.33. The summed E-state index contributed by atoms with van der Waals surface area (Å²) in [5.41, 5.74) is 14.5. The Balaban J connectivity index is 0.00000520. The molecule has 12 rings (SSSR count). The minimum atomic E-state index is -0.176. The molecule has 0 radical (unpaired) electrons. The van der Waals surface area contributed by atoms with E-state index in [1.807, 2.05) is 18.2 Å². The zero-order valence-corrected chi connectivity index (χ0v) is 42.1. The Labute approximate surface area is 416 Å². The van der Waals surface area contributed by atoms with Gasteiger partial charge in [0.15, 0.2) is 0 Å². The van der Waals surface area contributed by atoms with Gasteiger partial charge in [0.05, 0.1) is 5.52 Å². The summed E-state index contributed by atoms with van der Waals surface area (Å²) in [5, 5.41) is 7.83. The summed E-state index contributed by atoms with van der Waals surface area (Å²) >= 11 is 0. The smallest absolute Gasteiger partial charge is 0.136 e. The van der Waals surface area contributed by atoms with Crippen molar-refractivity contribution >= 4 is 82.1 Å². The molecular formula is C63H51N4OPt-3. The van der Waals surface area contributed by atoms with Gasteiger partial charge in [-0.2, -0.15) is 24.3 Å². The first-order chi connectivity index (χ1) is 32.9. The van der Waals surface area contributed by atoms with E-state index < -0.39 is 0 Å². The van der Waals surface area contributed by atoms with Gasteiger partial charge < -0.3 is 18.0 Å². The van der Waals surface area contributed by atoms with Gasteiger partial charge in [-0.15, -0.1) is 29.1 Å². The van der Waals surface area contributed by atoms with E-state index >= 15 is 0 Å². The van der Waals surface area contributed by atoms with Gasteiger partial charge in [0.1, 0.15) is 5.65 Å². The fourth-order valence-corrected chi connectivity index (χ4v) is 9.99. The van der Waals surface area contributed by atoms with Gasteiger partial charge in [-0.1, -0.05) is 168 Å². The largest absolute Gasteiger partial charge is 0.510 e. The first-order valence-corrected chi connectivity index (χ1v) is 23.5. The predicted octanol–water partition coefficient (Wildman–Crippen LogP) is 16.7. The summed E-state index contributed by atoms with van der Waals surface area (Å²) in [5.74, 6) is 0. The van der Waals surface area contributed by atoms with Crippen molar-refractivity contribution in [1.82, 2.24) is 18.5 Å². The van der Waals surface area contributed by atoms with E-state index in [2.05, 4.69) is 238 Å². The third-order valence-corrected chi connectivity index (χ3v) is 13.6. The van der Waals surface area contributed by atoms with E-state index in [9.17, 15) is 0 Å². The van der Waals surface area contributed by atoms with Crippen molar-refractivity contribution in [2.45, 2.75) is 59.3 Å². The average molecular weight is 1080 g/mol. The maximum atomic E-state index is 6.77. The molecule has 10 bridgehead atoms. The molecule has 0 fully saturated rings. The Bertz CT molecular complexity index is 4120. The molecule has 8 aromatic carbocycles. The van der Waals surface area contributed by atoms with E-state index in [0.29, 0.717) is 11.2 Å². The molecule has 342 valence electrons. The molecule has 1 aliphatic rings. The van der Waals surface area contributed by atoms with Crippen LogP contribution in [-0.4, -0.2) is 18.5 Å². The number of aryl methyl sites for hydroxylation is 1. The van der Waals surface area contributed by atoms with Crippen molar-refractivity contribution in [2.24, 2.45) is 0 Å². The van der Waals surface area contributed by atoms with Crippen LogP contribution in [0.3, 0.4) is 0 Å². The number of para-hydroxylation sites is 3. The molecule has 0 aliphatic carbocycles. The molecule has 5 nitrogen and oxygen atoms in total. The second-order valence-electron chi connectivity index (χ2n) is 20.3. The van der Waals surface area contributed by atoms with Crippen LogP contribution in [0.25, 0.3) is 105 Å². The van der Waals surface area contributed by atoms with Crippen LogP contribution in [-0.2, 0) is 31.9 Å². The Morgan fingerprint density at radius 1 is 0.522 bits per heavy atom. The molecule has 69 heavy (non-hydrogen) atoms. The molecule has 0 amide bonds. The van der Waals surface area contributed by atoms with Crippen molar-refractivity contribution in [3.63, 3.8) is 0 Å². The summed E-state index contributed by atoms with van der Waals surface area (Å²) in [4.78, 5) is 5.65. The SMILES string of the molecule is Cc1ccc2c(c1)c1ccc3[c-]c1n2c1cc(C(C)(C)C)cc(n1)c1cc(C(C)(C)C)cc(c1)c1ccccc1c1cccc(-c2ccccc2)c1n1[cH-]n(c2[c-]c(ccc2)o3)-c2ccccc2-1.[Pt]. The molecule has 6 heteroatoms. The molecule has 0 unspecified atom stereocenters. The van der Waals surface area contributed by atoms with Gasteiger partial charge in [-0.3, -0.25) is 0 Å². The van der Waals surface area contributed by atoms with Crippen LogP contribution >= 0.6 is 0 Å². The van der Waals surface area contributed by atoms with Crippen LogP contribution in [0.5, 0.6) is 0 Å². The van der Waals surface area contributed by atoms with E-state index in [1.165, 1.54) is 16.7 Å². The van der Waals surface area contributed by atoms with E-state index in [1.54, 1.807) is 0 Å². The van der Waals surface area contributed by atoms with E-state index in [0.717, 1.165) is 93.4 Å². The van der Waals surface area contributed by atoms with Crippen LogP contribution in [0.1, 0.15) is 58.2 Å². The second kappa shape index (κ2) is 16.7. The third kappa shape index (κ3) is 7.70. The third-order valence-electron chi connectivity index (χ3n) is 13.6. The van der Waals surface area contributed by atoms with Gasteiger partial charge >= 0.3 is 0 Å². The van der Waals surface area contributed by atoms with Crippen molar-refractivity contribution < 1.29 is 25.5 Å². The van der Waals surface area contributed by atoms with Crippen molar-refractivity contribution in [3.05, 3.63) is 211 Å². The zero-order chi connectivity index (χ0) is 46.5. The number of aromatic nitrogens is 4. The van der Waals surface area contributed by atoms with Gasteiger partial charge in [-0.25, -0.2) is 4.98 Å². The van der Waals surface area contributed by atoms with Crippen molar-refractivity contribution in [1.29, 1.82) is 0 Å². The molecule has 0 saturated carbocycles. The van der Waals surface area contributed by atoms with E-state index in [-0.39, 0.29) is 31.9 Å². The van der Waals surface area contributed by atoms with Crippen LogP contribution in [0.2, 0.25) is 0 Å². The zero-order valence-electron chi connectivity index (χ0n) is 39.8. The van der Waals surface area contributed by atoms with Gasteiger partial charge in [-0.05, 0) is 114 Å². The van der Waals surface area contributed by atoms with Gasteiger partial charge in [0, 0.05) is 49.5 Å². The number of fused-ring (bicyclic) bond motifs is 23. The maximum absolute atomic E-state index is 6.77. The fourth-order valence-electron chi connectivity index (χ4n) is 9.99. The minimum absolute atomic E-state index is 0. The number of imidazole rings is 1. The second-order valence-corrected chi connectivity index (χ2v) is 20.3. The molecule has 4 heterocycles. The number of hydrogen-bond acceptors (Lipinski definition) is 2. The normalized spacial score (nSPS) is 12.2. The number of benzene rings is 8. The molecule has 1 aliphatic heterocycles. The number of nitrogens with zero attached hydrogens (tertiary/aromatic N) is 4. The summed E-state index contributed by atoms with van der Waals surface area (Å²) in [7, 11) is 0. The minimum Gasteiger partial charge on any atom is -0.510 e. The summed E-state index contributed by atoms with van der Waals surface area (Å²) in [6, 6.07) is 70.9. The molecule has 0 spiro atoms. The Kier molecular flexibility index (Phi) is 10.7. The first-order valence-electron chi connectivity index (χ1n) is 23.5. The van der Waals surface area contributed by atoms with Crippen LogP contribution < -0.4 is 0 Å². The molecule has 11 aromatic rings. The molecule has 3 aromatic heterocycles. The number of rotatable bonds is 1. The van der Waals surface area contributed by atoms with Crippen LogP contribution in [0.4, 0.5) is 0 Å². The topological polar surface area (TPSA) is 40.3 Å². The molecule has 0 atom stereocenters. The fraction of sp³-hybridized carbons (Fsp3) is 0.143.